The molecule has 0 heterocycles. The van der Waals surface area contributed by atoms with Gasteiger partial charge in [-0.25, -0.2) is 0 Å². The van der Waals surface area contributed by atoms with E-state index in [4.69, 9.17) is 0 Å². The quantitative estimate of drug-likeness (QED) is 0.811. The van der Waals surface area contributed by atoms with Crippen molar-refractivity contribution in [1.29, 1.82) is 0 Å². The van der Waals surface area contributed by atoms with Gasteiger partial charge in [0.15, 0.2) is 0 Å². The second-order valence-corrected chi connectivity index (χ2v) is 6.34. The molecule has 0 saturated heterocycles. The van der Waals surface area contributed by atoms with Crippen LogP contribution in [-0.4, -0.2) is 6.04 Å². The number of nitrogens with one attached hydrogen (secondary N) is 1. The summed E-state index contributed by atoms with van der Waals surface area (Å²) in [4.78, 5) is 0. The summed E-state index contributed by atoms with van der Waals surface area (Å²) in [6.45, 7) is 4.77. The van der Waals surface area contributed by atoms with Gasteiger partial charge in [-0.3, -0.25) is 0 Å². The highest BCUT2D eigenvalue weighted by Gasteiger charge is 2.29. The minimum atomic E-state index is 0.600. The van der Waals surface area contributed by atoms with Crippen LogP contribution < -0.4 is 5.32 Å². The highest BCUT2D eigenvalue weighted by molar-refractivity contribution is 5.35. The molecule has 1 aromatic rings. The molecular weight excluding hydrogens is 218 g/mol. The molecule has 0 aliphatic heterocycles. The first-order chi connectivity index (χ1) is 8.75. The molecule has 0 aromatic heterocycles. The van der Waals surface area contributed by atoms with Crippen LogP contribution in [0.15, 0.2) is 24.3 Å². The Morgan fingerprint density at radius 3 is 2.44 bits per heavy atom. The monoisotopic (exact) mass is 243 g/mol. The molecule has 0 spiro atoms. The van der Waals surface area contributed by atoms with E-state index in [0.717, 1.165) is 17.9 Å². The fraction of sp³-hybridized carbons (Fsp3) is 0.647. The fourth-order valence-corrected chi connectivity index (χ4v) is 3.83. The van der Waals surface area contributed by atoms with E-state index < -0.39 is 0 Å². The van der Waals surface area contributed by atoms with Gasteiger partial charge in [0.05, 0.1) is 0 Å². The van der Waals surface area contributed by atoms with Crippen LogP contribution in [-0.2, 0) is 0 Å². The van der Waals surface area contributed by atoms with Crippen molar-refractivity contribution in [1.82, 2.24) is 5.32 Å². The van der Waals surface area contributed by atoms with E-state index >= 15 is 0 Å². The van der Waals surface area contributed by atoms with Gasteiger partial charge in [0.1, 0.15) is 0 Å². The molecule has 18 heavy (non-hydrogen) atoms. The molecular formula is C17H25N. The molecule has 1 N–H and O–H groups in total. The number of rotatable bonds is 2. The maximum atomic E-state index is 3.94. The zero-order chi connectivity index (χ0) is 12.5. The summed E-state index contributed by atoms with van der Waals surface area (Å²) in [5.41, 5.74) is 3.14. The van der Waals surface area contributed by atoms with Crippen LogP contribution in [0.2, 0.25) is 0 Å². The zero-order valence-corrected chi connectivity index (χ0v) is 11.7. The Morgan fingerprint density at radius 2 is 1.72 bits per heavy atom. The van der Waals surface area contributed by atoms with E-state index in [-0.39, 0.29) is 0 Å². The van der Waals surface area contributed by atoms with Gasteiger partial charge < -0.3 is 5.32 Å². The Morgan fingerprint density at radius 1 is 0.944 bits per heavy atom. The Bertz CT molecular complexity index is 412. The van der Waals surface area contributed by atoms with Crippen LogP contribution in [0.4, 0.5) is 0 Å². The van der Waals surface area contributed by atoms with Gasteiger partial charge >= 0.3 is 0 Å². The summed E-state index contributed by atoms with van der Waals surface area (Å²) >= 11 is 0. The van der Waals surface area contributed by atoms with Gasteiger partial charge in [-0.15, -0.1) is 0 Å². The normalized spacial score (nSPS) is 35.4. The summed E-state index contributed by atoms with van der Waals surface area (Å²) in [5.74, 6) is 1.59. The first-order valence-electron chi connectivity index (χ1n) is 7.60. The summed E-state index contributed by atoms with van der Waals surface area (Å²) in [6, 6.07) is 10.4. The van der Waals surface area contributed by atoms with E-state index in [1.165, 1.54) is 32.1 Å². The van der Waals surface area contributed by atoms with Crippen molar-refractivity contribution in [3.8, 4) is 0 Å². The van der Waals surface area contributed by atoms with Crippen molar-refractivity contribution >= 4 is 0 Å². The SMILES string of the molecule is CC1CCC(NC2CCCC2C)c2ccccc21. The maximum Gasteiger partial charge on any atom is 0.0325 e. The Labute approximate surface area is 111 Å². The third-order valence-electron chi connectivity index (χ3n) is 5.07. The second-order valence-electron chi connectivity index (χ2n) is 6.34. The lowest BCUT2D eigenvalue weighted by Gasteiger charge is -2.33. The van der Waals surface area contributed by atoms with Crippen LogP contribution in [0.25, 0.3) is 0 Å². The molecule has 98 valence electrons. The van der Waals surface area contributed by atoms with E-state index in [2.05, 4.69) is 43.4 Å². The van der Waals surface area contributed by atoms with Crippen molar-refractivity contribution in [2.24, 2.45) is 5.92 Å². The summed E-state index contributed by atoms with van der Waals surface area (Å²) in [7, 11) is 0. The number of hydrogen-bond acceptors (Lipinski definition) is 1. The maximum absolute atomic E-state index is 3.94. The molecule has 1 saturated carbocycles. The number of hydrogen-bond donors (Lipinski definition) is 1. The van der Waals surface area contributed by atoms with Crippen LogP contribution in [0.1, 0.15) is 69.0 Å². The predicted molar refractivity (Wildman–Crippen MR) is 76.8 cm³/mol. The third kappa shape index (κ3) is 2.21. The van der Waals surface area contributed by atoms with Gasteiger partial charge in [0.25, 0.3) is 0 Å². The molecule has 2 aliphatic rings. The Balaban J connectivity index is 1.79. The first-order valence-corrected chi connectivity index (χ1v) is 7.60. The van der Waals surface area contributed by atoms with Crippen molar-refractivity contribution in [2.45, 2.75) is 64.0 Å². The standard InChI is InChI=1S/C17H25N/c1-12-10-11-17(15-8-4-3-7-14(12)15)18-16-9-5-6-13(16)2/h3-4,7-8,12-13,16-18H,5-6,9-11H2,1-2H3. The van der Waals surface area contributed by atoms with E-state index in [1.54, 1.807) is 11.1 Å². The molecule has 1 nitrogen and oxygen atoms in total. The van der Waals surface area contributed by atoms with Gasteiger partial charge in [-0.2, -0.15) is 0 Å². The second kappa shape index (κ2) is 5.05. The number of benzene rings is 1. The molecule has 3 rings (SSSR count). The van der Waals surface area contributed by atoms with Crippen LogP contribution in [0.5, 0.6) is 0 Å². The van der Waals surface area contributed by atoms with Gasteiger partial charge in [0.2, 0.25) is 0 Å². The molecule has 2 aliphatic carbocycles. The van der Waals surface area contributed by atoms with Gasteiger partial charge in [-0.1, -0.05) is 44.5 Å². The van der Waals surface area contributed by atoms with Crippen molar-refractivity contribution in [3.05, 3.63) is 35.4 Å². The first kappa shape index (κ1) is 12.2. The summed E-state index contributed by atoms with van der Waals surface area (Å²) in [6.07, 6.45) is 6.82. The van der Waals surface area contributed by atoms with E-state index in [1.807, 2.05) is 0 Å². The molecule has 4 atom stereocenters. The summed E-state index contributed by atoms with van der Waals surface area (Å²) < 4.78 is 0. The average Bonchev–Trinajstić information content (AvgIpc) is 2.79. The molecule has 1 fully saturated rings. The predicted octanol–water partition coefficient (Wildman–Crippen LogP) is 4.40. The molecule has 0 bridgehead atoms. The lowest BCUT2D eigenvalue weighted by Crippen LogP contribution is -2.36. The molecule has 0 amide bonds. The third-order valence-corrected chi connectivity index (χ3v) is 5.07. The summed E-state index contributed by atoms with van der Waals surface area (Å²) in [5, 5.41) is 3.94. The minimum Gasteiger partial charge on any atom is -0.307 e. The Kier molecular flexibility index (Phi) is 3.43. The highest BCUT2D eigenvalue weighted by atomic mass is 15.0. The van der Waals surface area contributed by atoms with Crippen LogP contribution in [0, 0.1) is 5.92 Å². The average molecular weight is 243 g/mol. The van der Waals surface area contributed by atoms with Crippen molar-refractivity contribution in [2.75, 3.05) is 0 Å². The van der Waals surface area contributed by atoms with Gasteiger partial charge in [-0.05, 0) is 48.6 Å². The fourth-order valence-electron chi connectivity index (χ4n) is 3.83. The van der Waals surface area contributed by atoms with Crippen molar-refractivity contribution < 1.29 is 0 Å². The van der Waals surface area contributed by atoms with E-state index in [0.29, 0.717) is 6.04 Å². The molecule has 0 radical (unpaired) electrons. The largest absolute Gasteiger partial charge is 0.307 e. The van der Waals surface area contributed by atoms with Crippen LogP contribution >= 0.6 is 0 Å². The van der Waals surface area contributed by atoms with Crippen molar-refractivity contribution in [3.63, 3.8) is 0 Å². The smallest absolute Gasteiger partial charge is 0.0325 e. The van der Waals surface area contributed by atoms with Crippen LogP contribution in [0.3, 0.4) is 0 Å². The molecule has 1 heteroatoms. The lowest BCUT2D eigenvalue weighted by atomic mass is 9.80. The highest BCUT2D eigenvalue weighted by Crippen LogP contribution is 2.38. The van der Waals surface area contributed by atoms with Gasteiger partial charge in [0, 0.05) is 12.1 Å². The molecule has 4 unspecified atom stereocenters. The van der Waals surface area contributed by atoms with E-state index in [9.17, 15) is 0 Å². The number of fused-ring (bicyclic) bond motifs is 1. The minimum absolute atomic E-state index is 0.600. The Hall–Kier alpha value is -0.820. The topological polar surface area (TPSA) is 12.0 Å². The molecule has 1 aromatic carbocycles. The lowest BCUT2D eigenvalue weighted by molar-refractivity contribution is 0.341. The zero-order valence-electron chi connectivity index (χ0n) is 11.7.